The number of amides is 1. The minimum Gasteiger partial charge on any atom is -0.372 e. The van der Waals surface area contributed by atoms with Crippen molar-refractivity contribution >= 4 is 44.0 Å². The number of amidine groups is 1. The van der Waals surface area contributed by atoms with E-state index in [9.17, 15) is 13.2 Å². The summed E-state index contributed by atoms with van der Waals surface area (Å²) >= 11 is 1.41. The average Bonchev–Trinajstić information content (AvgIpc) is 3.21. The fraction of sp³-hybridized carbons (Fsp3) is 0.391. The van der Waals surface area contributed by atoms with Crippen LogP contribution in [0.5, 0.6) is 0 Å². The predicted octanol–water partition coefficient (Wildman–Crippen LogP) is 3.38. The van der Waals surface area contributed by atoms with E-state index in [1.54, 1.807) is 0 Å². The first kappa shape index (κ1) is 21.9. The van der Waals surface area contributed by atoms with E-state index in [1.165, 1.54) is 11.8 Å². The van der Waals surface area contributed by atoms with Gasteiger partial charge in [0.15, 0.2) is 15.0 Å². The second-order valence-corrected chi connectivity index (χ2v) is 11.2. The molecule has 6 nitrogen and oxygen atoms in total. The molecule has 0 N–H and O–H groups in total. The number of sulfone groups is 1. The lowest BCUT2D eigenvalue weighted by Crippen LogP contribution is -2.37. The Hall–Kier alpha value is -2.32. The zero-order valence-corrected chi connectivity index (χ0v) is 19.4. The molecule has 4 rings (SSSR count). The van der Waals surface area contributed by atoms with E-state index in [0.717, 1.165) is 30.0 Å². The number of hydrogen-bond donors (Lipinski definition) is 0. The van der Waals surface area contributed by atoms with Gasteiger partial charge in [0.25, 0.3) is 5.91 Å². The van der Waals surface area contributed by atoms with Gasteiger partial charge in [0, 0.05) is 29.7 Å². The first-order chi connectivity index (χ1) is 14.9. The van der Waals surface area contributed by atoms with Gasteiger partial charge in [0.2, 0.25) is 0 Å². The summed E-state index contributed by atoms with van der Waals surface area (Å²) in [4.78, 5) is 21.3. The van der Waals surface area contributed by atoms with Crippen molar-refractivity contribution in [2.24, 2.45) is 4.99 Å². The van der Waals surface area contributed by atoms with Crippen LogP contribution >= 0.6 is 11.8 Å². The van der Waals surface area contributed by atoms with E-state index < -0.39 is 9.84 Å². The fourth-order valence-corrected chi connectivity index (χ4v) is 8.13. The van der Waals surface area contributed by atoms with Gasteiger partial charge in [-0.15, -0.1) is 0 Å². The van der Waals surface area contributed by atoms with Gasteiger partial charge in [0.1, 0.15) is 0 Å². The van der Waals surface area contributed by atoms with E-state index in [2.05, 4.69) is 23.7 Å². The third-order valence-electron chi connectivity index (χ3n) is 5.74. The Morgan fingerprint density at radius 2 is 1.74 bits per heavy atom. The van der Waals surface area contributed by atoms with Crippen molar-refractivity contribution in [3.63, 3.8) is 0 Å². The SMILES string of the molecule is CCN(CC)c1ccc(N2C(=NC(=O)Cc3ccccc3)S[C@@H]3CS(=O)(=O)C[C@H]32)cc1. The van der Waals surface area contributed by atoms with Crippen LogP contribution in [0.2, 0.25) is 0 Å². The smallest absolute Gasteiger partial charge is 0.252 e. The summed E-state index contributed by atoms with van der Waals surface area (Å²) in [5.74, 6) is -0.00216. The van der Waals surface area contributed by atoms with Crippen LogP contribution < -0.4 is 9.80 Å². The Morgan fingerprint density at radius 3 is 2.39 bits per heavy atom. The summed E-state index contributed by atoms with van der Waals surface area (Å²) < 4.78 is 24.5. The molecule has 0 saturated carbocycles. The first-order valence-electron chi connectivity index (χ1n) is 10.6. The highest BCUT2D eigenvalue weighted by molar-refractivity contribution is 8.16. The topological polar surface area (TPSA) is 70.0 Å². The summed E-state index contributed by atoms with van der Waals surface area (Å²) in [6, 6.07) is 17.4. The fourth-order valence-electron chi connectivity index (χ4n) is 4.20. The lowest BCUT2D eigenvalue weighted by molar-refractivity contribution is -0.117. The van der Waals surface area contributed by atoms with Gasteiger partial charge >= 0.3 is 0 Å². The number of benzene rings is 2. The van der Waals surface area contributed by atoms with Gasteiger partial charge in [0.05, 0.1) is 24.0 Å². The molecule has 164 valence electrons. The number of carbonyl (C=O) groups is 1. The molecule has 0 unspecified atom stereocenters. The predicted molar refractivity (Wildman–Crippen MR) is 129 cm³/mol. The standard InChI is InChI=1S/C23H27N3O3S2/c1-3-25(4-2)18-10-12-19(13-11-18)26-20-15-31(28,29)16-21(20)30-23(26)24-22(27)14-17-8-6-5-7-9-17/h5-13,20-21H,3-4,14-16H2,1-2H3/t20-,21-/m1/s1. The van der Waals surface area contributed by atoms with Crippen molar-refractivity contribution in [3.8, 4) is 0 Å². The van der Waals surface area contributed by atoms with E-state index >= 15 is 0 Å². The molecule has 0 aliphatic carbocycles. The van der Waals surface area contributed by atoms with Crippen LogP contribution in [0, 0.1) is 0 Å². The molecule has 1 amide bonds. The summed E-state index contributed by atoms with van der Waals surface area (Å²) in [7, 11) is -3.09. The molecule has 2 aromatic rings. The second-order valence-electron chi connectivity index (χ2n) is 7.81. The zero-order chi connectivity index (χ0) is 22.0. The van der Waals surface area contributed by atoms with Crippen molar-refractivity contribution in [1.29, 1.82) is 0 Å². The molecule has 0 radical (unpaired) electrons. The Morgan fingerprint density at radius 1 is 1.06 bits per heavy atom. The summed E-state index contributed by atoms with van der Waals surface area (Å²) in [6.07, 6.45) is 0.229. The number of carbonyl (C=O) groups excluding carboxylic acids is 1. The minimum absolute atomic E-state index is 0.0916. The molecule has 2 aliphatic rings. The Labute approximate surface area is 188 Å². The molecule has 0 aromatic heterocycles. The van der Waals surface area contributed by atoms with E-state index in [1.807, 2.05) is 59.5 Å². The highest BCUT2D eigenvalue weighted by Gasteiger charge is 2.49. The van der Waals surface area contributed by atoms with E-state index in [4.69, 9.17) is 0 Å². The highest BCUT2D eigenvalue weighted by Crippen LogP contribution is 2.41. The molecule has 2 heterocycles. The van der Waals surface area contributed by atoms with Crippen LogP contribution in [0.1, 0.15) is 19.4 Å². The first-order valence-corrected chi connectivity index (χ1v) is 13.3. The van der Waals surface area contributed by atoms with Crippen LogP contribution in [0.3, 0.4) is 0 Å². The molecule has 2 atom stereocenters. The van der Waals surface area contributed by atoms with E-state index in [-0.39, 0.29) is 35.1 Å². The van der Waals surface area contributed by atoms with Gasteiger partial charge in [-0.3, -0.25) is 4.79 Å². The molecular weight excluding hydrogens is 430 g/mol. The lowest BCUT2D eigenvalue weighted by Gasteiger charge is -2.26. The van der Waals surface area contributed by atoms with Crippen LogP contribution in [-0.2, 0) is 21.1 Å². The maximum absolute atomic E-state index is 12.7. The number of aliphatic imine (C=N–C) groups is 1. The van der Waals surface area contributed by atoms with Crippen LogP contribution in [0.15, 0.2) is 59.6 Å². The monoisotopic (exact) mass is 457 g/mol. The maximum Gasteiger partial charge on any atom is 0.252 e. The third kappa shape index (κ3) is 4.80. The largest absolute Gasteiger partial charge is 0.372 e. The quantitative estimate of drug-likeness (QED) is 0.662. The average molecular weight is 458 g/mol. The minimum atomic E-state index is -3.09. The molecule has 0 spiro atoms. The van der Waals surface area contributed by atoms with Crippen LogP contribution in [-0.4, -0.2) is 55.4 Å². The molecule has 8 heteroatoms. The molecule has 31 heavy (non-hydrogen) atoms. The normalized spacial score (nSPS) is 23.2. The van der Waals surface area contributed by atoms with Crippen molar-refractivity contribution < 1.29 is 13.2 Å². The molecular formula is C23H27N3O3S2. The molecule has 2 aliphatic heterocycles. The molecule has 2 fully saturated rings. The number of rotatable bonds is 6. The summed E-state index contributed by atoms with van der Waals surface area (Å²) in [6.45, 7) is 6.06. The molecule has 2 aromatic carbocycles. The van der Waals surface area contributed by atoms with Gasteiger partial charge < -0.3 is 9.80 Å². The number of anilines is 2. The third-order valence-corrected chi connectivity index (χ3v) is 8.95. The molecule has 2 saturated heterocycles. The van der Waals surface area contributed by atoms with Gasteiger partial charge in [-0.05, 0) is 43.7 Å². The van der Waals surface area contributed by atoms with Crippen molar-refractivity contribution in [2.75, 3.05) is 34.4 Å². The summed E-state index contributed by atoms with van der Waals surface area (Å²) in [5.41, 5.74) is 2.91. The molecule has 0 bridgehead atoms. The highest BCUT2D eigenvalue weighted by atomic mass is 32.2. The van der Waals surface area contributed by atoms with Crippen molar-refractivity contribution in [1.82, 2.24) is 0 Å². The number of fused-ring (bicyclic) bond motifs is 1. The Kier molecular flexibility index (Phi) is 6.39. The summed E-state index contributed by atoms with van der Waals surface area (Å²) in [5, 5.41) is 0.497. The maximum atomic E-state index is 12.7. The Balaban J connectivity index is 1.63. The number of hydrogen-bond acceptors (Lipinski definition) is 5. The van der Waals surface area contributed by atoms with Crippen LogP contribution in [0.25, 0.3) is 0 Å². The zero-order valence-electron chi connectivity index (χ0n) is 17.8. The second kappa shape index (κ2) is 9.04. The lowest BCUT2D eigenvalue weighted by atomic mass is 10.1. The van der Waals surface area contributed by atoms with Crippen molar-refractivity contribution in [3.05, 3.63) is 60.2 Å². The van der Waals surface area contributed by atoms with Crippen molar-refractivity contribution in [2.45, 2.75) is 31.6 Å². The van der Waals surface area contributed by atoms with Gasteiger partial charge in [-0.2, -0.15) is 4.99 Å². The number of thioether (sulfide) groups is 1. The van der Waals surface area contributed by atoms with Gasteiger partial charge in [-0.1, -0.05) is 42.1 Å². The Bertz CT molecular complexity index is 1070. The van der Waals surface area contributed by atoms with Gasteiger partial charge in [-0.25, -0.2) is 8.42 Å². The van der Waals surface area contributed by atoms with E-state index in [0.29, 0.717) is 5.17 Å². The van der Waals surface area contributed by atoms with Crippen LogP contribution in [0.4, 0.5) is 11.4 Å². The number of nitrogens with zero attached hydrogens (tertiary/aromatic N) is 3.